The molecular weight excluding hydrogens is 504 g/mol. The maximum absolute atomic E-state index is 11.0. The predicted molar refractivity (Wildman–Crippen MR) is 149 cm³/mol. The van der Waals surface area contributed by atoms with Gasteiger partial charge in [-0.15, -0.1) is 0 Å². The molecule has 0 heterocycles. The fourth-order valence-corrected chi connectivity index (χ4v) is 9.72. The van der Waals surface area contributed by atoms with Crippen molar-refractivity contribution in [3.63, 3.8) is 0 Å². The molecule has 222 valence electrons. The zero-order valence-electron chi connectivity index (χ0n) is 27.2. The van der Waals surface area contributed by atoms with Gasteiger partial charge >= 0.3 is 37.7 Å². The number of aliphatic carboxylic acids is 2. The van der Waals surface area contributed by atoms with E-state index in [1.54, 1.807) is 5.57 Å². The SMILES string of the molecule is CC(C)CCC[C@@H](C)[C@H]1CCC2C3CC=C4C[C@@H](OCCN(CC(=O)[O-])CC(=O)[O-])CC[C@]4(C)C3CC[C@@]21C.[Li+].[Li+]. The predicted octanol–water partition coefficient (Wildman–Crippen LogP) is -1.78. The topological polar surface area (TPSA) is 92.7 Å². The summed E-state index contributed by atoms with van der Waals surface area (Å²) in [7, 11) is 0. The standard InChI is InChI=1S/C33H55NO5.2Li/c1-22(2)7-6-8-23(3)27-11-12-28-26-10-9-24-19-25(39-18-17-34(20-30(35)36)21-31(37)38)13-15-32(24,4)29(26)14-16-33(27,28)5;;/h9,22-23,25-29H,6-8,10-21H2,1-5H3,(H,35,36)(H,37,38);;/q;2*+1/p-2/t23-,25+,26?,27-,28?,29?,32+,33-;;/m1../s1. The largest absolute Gasteiger partial charge is 1.00 e. The molecule has 8 atom stereocenters. The van der Waals surface area contributed by atoms with E-state index in [2.05, 4.69) is 40.7 Å². The number of fused-ring (bicyclic) bond motifs is 5. The Bertz CT molecular complexity index is 896. The summed E-state index contributed by atoms with van der Waals surface area (Å²) < 4.78 is 6.17. The van der Waals surface area contributed by atoms with E-state index in [4.69, 9.17) is 4.74 Å². The fourth-order valence-electron chi connectivity index (χ4n) is 9.72. The Labute approximate surface area is 273 Å². The fraction of sp³-hybridized carbons (Fsp3) is 0.879. The van der Waals surface area contributed by atoms with Gasteiger partial charge in [0.1, 0.15) is 0 Å². The quantitative estimate of drug-likeness (QED) is 0.197. The van der Waals surface area contributed by atoms with Gasteiger partial charge in [-0.25, -0.2) is 0 Å². The van der Waals surface area contributed by atoms with Crippen LogP contribution in [0.4, 0.5) is 0 Å². The van der Waals surface area contributed by atoms with Crippen molar-refractivity contribution in [2.45, 2.75) is 111 Å². The van der Waals surface area contributed by atoms with Gasteiger partial charge in [0.25, 0.3) is 0 Å². The third-order valence-corrected chi connectivity index (χ3v) is 11.7. The number of hydrogen-bond donors (Lipinski definition) is 0. The third-order valence-electron chi connectivity index (χ3n) is 11.7. The molecule has 41 heavy (non-hydrogen) atoms. The number of allylic oxidation sites excluding steroid dienone is 1. The summed E-state index contributed by atoms with van der Waals surface area (Å²) in [5.41, 5.74) is 2.34. The minimum Gasteiger partial charge on any atom is -0.549 e. The van der Waals surface area contributed by atoms with E-state index in [-0.39, 0.29) is 55.8 Å². The molecule has 4 aliphatic rings. The summed E-state index contributed by atoms with van der Waals surface area (Å²) in [6, 6.07) is 0. The summed E-state index contributed by atoms with van der Waals surface area (Å²) in [5, 5.41) is 21.9. The van der Waals surface area contributed by atoms with E-state index in [9.17, 15) is 19.8 Å². The van der Waals surface area contributed by atoms with Gasteiger partial charge in [-0.2, -0.15) is 0 Å². The van der Waals surface area contributed by atoms with Crippen LogP contribution in [-0.2, 0) is 14.3 Å². The molecule has 0 spiro atoms. The second-order valence-electron chi connectivity index (χ2n) is 14.5. The summed E-state index contributed by atoms with van der Waals surface area (Å²) in [6.45, 7) is 12.1. The molecule has 0 radical (unpaired) electrons. The number of carbonyl (C=O) groups excluding carboxylic acids is 2. The van der Waals surface area contributed by atoms with Crippen LogP contribution in [0, 0.1) is 46.3 Å². The molecule has 0 bridgehead atoms. The zero-order valence-corrected chi connectivity index (χ0v) is 27.2. The van der Waals surface area contributed by atoms with Crippen LogP contribution in [0.15, 0.2) is 11.6 Å². The van der Waals surface area contributed by atoms with Gasteiger partial charge in [-0.05, 0) is 97.7 Å². The van der Waals surface area contributed by atoms with Crippen LogP contribution >= 0.6 is 0 Å². The molecule has 0 aromatic carbocycles. The number of ether oxygens (including phenoxy) is 1. The van der Waals surface area contributed by atoms with Crippen LogP contribution in [0.25, 0.3) is 0 Å². The van der Waals surface area contributed by atoms with Crippen LogP contribution < -0.4 is 47.9 Å². The summed E-state index contributed by atoms with van der Waals surface area (Å²) in [6.07, 6.45) is 16.7. The Hall–Kier alpha value is -0.205. The van der Waals surface area contributed by atoms with Crippen molar-refractivity contribution in [2.24, 2.45) is 46.3 Å². The smallest absolute Gasteiger partial charge is 0.549 e. The van der Waals surface area contributed by atoms with Gasteiger partial charge in [-0.1, -0.05) is 65.5 Å². The number of carboxylic acids is 2. The molecule has 0 saturated heterocycles. The number of nitrogens with zero attached hydrogens (tertiary/aromatic N) is 1. The third kappa shape index (κ3) is 8.50. The summed E-state index contributed by atoms with van der Waals surface area (Å²) in [5.74, 6) is 2.39. The maximum atomic E-state index is 11.0. The van der Waals surface area contributed by atoms with E-state index < -0.39 is 25.0 Å². The first-order valence-electron chi connectivity index (χ1n) is 15.9. The van der Waals surface area contributed by atoms with Crippen LogP contribution in [0.3, 0.4) is 0 Å². The normalized spacial score (nSPS) is 34.9. The van der Waals surface area contributed by atoms with Crippen LogP contribution in [0.2, 0.25) is 0 Å². The Morgan fingerprint density at radius 3 is 2.29 bits per heavy atom. The van der Waals surface area contributed by atoms with Gasteiger partial charge < -0.3 is 24.5 Å². The molecular formula is C33H53Li2NO5. The van der Waals surface area contributed by atoms with Gasteiger partial charge in [0.2, 0.25) is 0 Å². The van der Waals surface area contributed by atoms with E-state index in [0.29, 0.717) is 12.0 Å². The summed E-state index contributed by atoms with van der Waals surface area (Å²) >= 11 is 0. The van der Waals surface area contributed by atoms with Gasteiger partial charge in [0, 0.05) is 19.6 Å². The molecule has 6 nitrogen and oxygen atoms in total. The minimum atomic E-state index is -1.29. The number of hydrogen-bond acceptors (Lipinski definition) is 6. The molecule has 0 N–H and O–H groups in total. The van der Waals surface area contributed by atoms with Crippen molar-refractivity contribution in [2.75, 3.05) is 26.2 Å². The average Bonchev–Trinajstić information content (AvgIpc) is 3.20. The van der Waals surface area contributed by atoms with Gasteiger partial charge in [0.05, 0.1) is 24.6 Å². The van der Waals surface area contributed by atoms with Crippen molar-refractivity contribution in [1.82, 2.24) is 4.90 Å². The molecule has 0 aromatic heterocycles. The zero-order chi connectivity index (χ0) is 28.4. The molecule has 4 rings (SSSR count). The van der Waals surface area contributed by atoms with Gasteiger partial charge in [-0.3, -0.25) is 4.90 Å². The molecule has 0 aromatic rings. The number of carbonyl (C=O) groups is 2. The second kappa shape index (κ2) is 15.7. The van der Waals surface area contributed by atoms with E-state index in [1.807, 2.05) is 0 Å². The molecule has 4 aliphatic carbocycles. The van der Waals surface area contributed by atoms with Crippen LogP contribution in [0.5, 0.6) is 0 Å². The summed E-state index contributed by atoms with van der Waals surface area (Å²) in [4.78, 5) is 23.2. The first kappa shape index (κ1) is 37.0. The Balaban J connectivity index is 0.00000294. The Kier molecular flexibility index (Phi) is 14.1. The van der Waals surface area contributed by atoms with Gasteiger partial charge in [0.15, 0.2) is 0 Å². The van der Waals surface area contributed by atoms with Crippen molar-refractivity contribution >= 4 is 11.9 Å². The molecule has 3 unspecified atom stereocenters. The minimum absolute atomic E-state index is 0. The number of carboxylic acid groups (broad SMARTS) is 2. The second-order valence-corrected chi connectivity index (χ2v) is 14.5. The number of rotatable bonds is 13. The Morgan fingerprint density at radius 1 is 0.976 bits per heavy atom. The molecule has 0 aliphatic heterocycles. The van der Waals surface area contributed by atoms with Crippen molar-refractivity contribution in [3.8, 4) is 0 Å². The van der Waals surface area contributed by atoms with Crippen LogP contribution in [0.1, 0.15) is 105 Å². The molecule has 3 fully saturated rings. The maximum Gasteiger partial charge on any atom is 1.00 e. The van der Waals surface area contributed by atoms with Crippen LogP contribution in [-0.4, -0.2) is 49.2 Å². The van der Waals surface area contributed by atoms with Crippen molar-refractivity contribution in [3.05, 3.63) is 11.6 Å². The van der Waals surface area contributed by atoms with Crippen molar-refractivity contribution < 1.29 is 62.3 Å². The molecule has 0 amide bonds. The first-order valence-corrected chi connectivity index (χ1v) is 15.9. The van der Waals surface area contributed by atoms with E-state index >= 15 is 0 Å². The Morgan fingerprint density at radius 2 is 1.66 bits per heavy atom. The molecule has 8 heteroatoms. The van der Waals surface area contributed by atoms with E-state index in [0.717, 1.165) is 54.8 Å². The first-order chi connectivity index (χ1) is 18.4. The average molecular weight is 558 g/mol. The van der Waals surface area contributed by atoms with E-state index in [1.165, 1.54) is 56.3 Å². The monoisotopic (exact) mass is 557 g/mol. The molecule has 3 saturated carbocycles. The van der Waals surface area contributed by atoms with Crippen molar-refractivity contribution in [1.29, 1.82) is 0 Å².